The first-order chi connectivity index (χ1) is 8.38. The SMILES string of the molecule is CN1CCN(C)C(c2ccc(C(C)(C)C)cc2)C1. The van der Waals surface area contributed by atoms with E-state index >= 15 is 0 Å². The summed E-state index contributed by atoms with van der Waals surface area (Å²) in [7, 11) is 4.44. The normalized spacial score (nSPS) is 23.3. The summed E-state index contributed by atoms with van der Waals surface area (Å²) in [6, 6.07) is 9.73. The maximum Gasteiger partial charge on any atom is 0.0472 e. The minimum atomic E-state index is 0.244. The minimum absolute atomic E-state index is 0.244. The van der Waals surface area contributed by atoms with Crippen molar-refractivity contribution >= 4 is 0 Å². The number of hydrogen-bond donors (Lipinski definition) is 0. The van der Waals surface area contributed by atoms with Crippen LogP contribution < -0.4 is 0 Å². The number of benzene rings is 1. The van der Waals surface area contributed by atoms with Crippen molar-refractivity contribution in [3.8, 4) is 0 Å². The fourth-order valence-electron chi connectivity index (χ4n) is 2.58. The number of hydrogen-bond acceptors (Lipinski definition) is 2. The van der Waals surface area contributed by atoms with Gasteiger partial charge in [-0.05, 0) is 30.6 Å². The Kier molecular flexibility index (Phi) is 3.79. The second-order valence-electron chi connectivity index (χ2n) is 6.63. The molecule has 1 aliphatic rings. The fraction of sp³-hybridized carbons (Fsp3) is 0.625. The van der Waals surface area contributed by atoms with Crippen LogP contribution in [0.5, 0.6) is 0 Å². The van der Waals surface area contributed by atoms with E-state index < -0.39 is 0 Å². The second kappa shape index (κ2) is 5.02. The van der Waals surface area contributed by atoms with Crippen LogP contribution in [0.15, 0.2) is 24.3 Å². The predicted octanol–water partition coefficient (Wildman–Crippen LogP) is 2.90. The highest BCUT2D eigenvalue weighted by Crippen LogP contribution is 2.27. The van der Waals surface area contributed by atoms with E-state index in [4.69, 9.17) is 0 Å². The molecule has 1 unspecified atom stereocenters. The van der Waals surface area contributed by atoms with Crippen LogP contribution in [0.3, 0.4) is 0 Å². The summed E-state index contributed by atoms with van der Waals surface area (Å²) in [5.74, 6) is 0. The van der Waals surface area contributed by atoms with Gasteiger partial charge in [-0.1, -0.05) is 45.0 Å². The van der Waals surface area contributed by atoms with Crippen molar-refractivity contribution in [1.82, 2.24) is 9.80 Å². The molecule has 0 aliphatic carbocycles. The van der Waals surface area contributed by atoms with Gasteiger partial charge in [0.15, 0.2) is 0 Å². The van der Waals surface area contributed by atoms with Crippen LogP contribution in [0, 0.1) is 0 Å². The summed E-state index contributed by atoms with van der Waals surface area (Å²) in [5, 5.41) is 0. The van der Waals surface area contributed by atoms with Gasteiger partial charge < -0.3 is 4.90 Å². The van der Waals surface area contributed by atoms with Crippen molar-refractivity contribution in [3.63, 3.8) is 0 Å². The van der Waals surface area contributed by atoms with Crippen LogP contribution in [0.2, 0.25) is 0 Å². The quantitative estimate of drug-likeness (QED) is 0.752. The first kappa shape index (κ1) is 13.6. The topological polar surface area (TPSA) is 6.48 Å². The third kappa shape index (κ3) is 2.93. The second-order valence-corrected chi connectivity index (χ2v) is 6.63. The van der Waals surface area contributed by atoms with Crippen molar-refractivity contribution in [2.24, 2.45) is 0 Å². The van der Waals surface area contributed by atoms with Gasteiger partial charge in [-0.25, -0.2) is 0 Å². The van der Waals surface area contributed by atoms with Crippen molar-refractivity contribution in [3.05, 3.63) is 35.4 Å². The molecule has 1 aliphatic heterocycles. The molecular weight excluding hydrogens is 220 g/mol. The number of nitrogens with zero attached hydrogens (tertiary/aromatic N) is 2. The largest absolute Gasteiger partial charge is 0.303 e. The molecule has 2 rings (SSSR count). The summed E-state index contributed by atoms with van der Waals surface area (Å²) in [4.78, 5) is 4.88. The van der Waals surface area contributed by atoms with Gasteiger partial charge in [-0.2, -0.15) is 0 Å². The maximum atomic E-state index is 2.46. The molecule has 2 nitrogen and oxygen atoms in total. The van der Waals surface area contributed by atoms with Crippen molar-refractivity contribution in [1.29, 1.82) is 0 Å². The van der Waals surface area contributed by atoms with Gasteiger partial charge in [0.05, 0.1) is 0 Å². The lowest BCUT2D eigenvalue weighted by Gasteiger charge is -2.38. The van der Waals surface area contributed by atoms with E-state index in [-0.39, 0.29) is 5.41 Å². The summed E-state index contributed by atoms with van der Waals surface area (Å²) >= 11 is 0. The summed E-state index contributed by atoms with van der Waals surface area (Å²) < 4.78 is 0. The van der Waals surface area contributed by atoms with Gasteiger partial charge in [0.1, 0.15) is 0 Å². The van der Waals surface area contributed by atoms with E-state index in [1.807, 2.05) is 0 Å². The van der Waals surface area contributed by atoms with Gasteiger partial charge in [0, 0.05) is 25.7 Å². The molecule has 1 heterocycles. The van der Waals surface area contributed by atoms with Gasteiger partial charge in [-0.3, -0.25) is 4.90 Å². The van der Waals surface area contributed by atoms with Gasteiger partial charge in [0.2, 0.25) is 0 Å². The molecule has 1 aromatic carbocycles. The number of rotatable bonds is 1. The minimum Gasteiger partial charge on any atom is -0.303 e. The Morgan fingerprint density at radius 3 is 2.17 bits per heavy atom. The van der Waals surface area contributed by atoms with Gasteiger partial charge in [-0.15, -0.1) is 0 Å². The molecule has 0 spiro atoms. The Bertz CT molecular complexity index is 389. The molecule has 100 valence electrons. The van der Waals surface area contributed by atoms with Crippen LogP contribution in [0.4, 0.5) is 0 Å². The summed E-state index contributed by atoms with van der Waals surface area (Å²) in [6.07, 6.45) is 0. The van der Waals surface area contributed by atoms with Crippen molar-refractivity contribution in [2.45, 2.75) is 32.2 Å². The van der Waals surface area contributed by atoms with Crippen LogP contribution in [0.25, 0.3) is 0 Å². The molecule has 18 heavy (non-hydrogen) atoms. The van der Waals surface area contributed by atoms with Crippen LogP contribution in [-0.2, 0) is 5.41 Å². The number of piperazine rings is 1. The molecule has 0 saturated carbocycles. The Labute approximate surface area is 112 Å². The standard InChI is InChI=1S/C16H26N2/c1-16(2,3)14-8-6-13(7-9-14)15-12-17(4)10-11-18(15)5/h6-9,15H,10-12H2,1-5H3. The summed E-state index contributed by atoms with van der Waals surface area (Å²) in [6.45, 7) is 10.3. The number of likely N-dealkylation sites (N-methyl/N-ethyl adjacent to an activating group) is 2. The van der Waals surface area contributed by atoms with Gasteiger partial charge >= 0.3 is 0 Å². The van der Waals surface area contributed by atoms with E-state index in [2.05, 4.69) is 68.9 Å². The lowest BCUT2D eigenvalue weighted by atomic mass is 9.86. The molecule has 0 N–H and O–H groups in total. The van der Waals surface area contributed by atoms with Crippen LogP contribution >= 0.6 is 0 Å². The predicted molar refractivity (Wildman–Crippen MR) is 78.0 cm³/mol. The molecule has 0 amide bonds. The Hall–Kier alpha value is -0.860. The molecule has 0 radical (unpaired) electrons. The Balaban J connectivity index is 2.18. The smallest absolute Gasteiger partial charge is 0.0472 e. The van der Waals surface area contributed by atoms with E-state index in [9.17, 15) is 0 Å². The fourth-order valence-corrected chi connectivity index (χ4v) is 2.58. The zero-order valence-corrected chi connectivity index (χ0v) is 12.4. The average Bonchev–Trinajstić information content (AvgIpc) is 2.31. The highest BCUT2D eigenvalue weighted by Gasteiger charge is 2.24. The summed E-state index contributed by atoms with van der Waals surface area (Å²) in [5.41, 5.74) is 3.10. The zero-order chi connectivity index (χ0) is 13.3. The van der Waals surface area contributed by atoms with E-state index in [1.165, 1.54) is 17.7 Å². The van der Waals surface area contributed by atoms with E-state index in [0.29, 0.717) is 6.04 Å². The zero-order valence-electron chi connectivity index (χ0n) is 12.4. The van der Waals surface area contributed by atoms with E-state index in [0.717, 1.165) is 13.1 Å². The highest BCUT2D eigenvalue weighted by atomic mass is 15.3. The Morgan fingerprint density at radius 2 is 1.61 bits per heavy atom. The molecular formula is C16H26N2. The monoisotopic (exact) mass is 246 g/mol. The third-order valence-corrected chi connectivity index (χ3v) is 4.01. The molecule has 1 aromatic rings. The maximum absolute atomic E-state index is 2.46. The first-order valence-corrected chi connectivity index (χ1v) is 6.87. The lowest BCUT2D eigenvalue weighted by molar-refractivity contribution is 0.115. The molecule has 0 aromatic heterocycles. The van der Waals surface area contributed by atoms with Crippen LogP contribution in [0.1, 0.15) is 37.9 Å². The van der Waals surface area contributed by atoms with Crippen molar-refractivity contribution in [2.75, 3.05) is 33.7 Å². The average molecular weight is 246 g/mol. The molecule has 1 saturated heterocycles. The Morgan fingerprint density at radius 1 is 1.00 bits per heavy atom. The highest BCUT2D eigenvalue weighted by molar-refractivity contribution is 5.29. The molecule has 1 fully saturated rings. The lowest BCUT2D eigenvalue weighted by Crippen LogP contribution is -2.44. The van der Waals surface area contributed by atoms with Crippen LogP contribution in [-0.4, -0.2) is 43.5 Å². The van der Waals surface area contributed by atoms with E-state index in [1.54, 1.807) is 0 Å². The molecule has 2 heteroatoms. The third-order valence-electron chi connectivity index (χ3n) is 4.01. The first-order valence-electron chi connectivity index (χ1n) is 6.87. The van der Waals surface area contributed by atoms with Crippen molar-refractivity contribution < 1.29 is 0 Å². The molecule has 1 atom stereocenters. The van der Waals surface area contributed by atoms with Gasteiger partial charge in [0.25, 0.3) is 0 Å². The molecule has 0 bridgehead atoms.